The van der Waals surface area contributed by atoms with Gasteiger partial charge in [0.1, 0.15) is 0 Å². The Balaban J connectivity index is 1.59. The first kappa shape index (κ1) is 16.1. The van der Waals surface area contributed by atoms with Gasteiger partial charge in [-0.05, 0) is 41.0 Å². The molecule has 1 amide bonds. The highest BCUT2D eigenvalue weighted by Crippen LogP contribution is 2.31. The van der Waals surface area contributed by atoms with Crippen LogP contribution in [0.15, 0.2) is 54.6 Å². The van der Waals surface area contributed by atoms with Crippen LogP contribution in [0.25, 0.3) is 21.0 Å². The van der Waals surface area contributed by atoms with Gasteiger partial charge in [-0.25, -0.2) is 4.98 Å². The molecule has 0 radical (unpaired) electrons. The number of hydrogen-bond acceptors (Lipinski definition) is 3. The highest BCUT2D eigenvalue weighted by molar-refractivity contribution is 7.22. The Morgan fingerprint density at radius 2 is 1.96 bits per heavy atom. The molecule has 0 atom stereocenters. The van der Waals surface area contributed by atoms with Gasteiger partial charge in [0.05, 0.1) is 16.6 Å². The number of anilines is 1. The Morgan fingerprint density at radius 1 is 1.16 bits per heavy atom. The molecule has 4 rings (SSSR count). The molecule has 5 heteroatoms. The zero-order chi connectivity index (χ0) is 17.4. The molecule has 0 aliphatic carbocycles. The molecule has 1 aromatic heterocycles. The van der Waals surface area contributed by atoms with Crippen LogP contribution in [-0.4, -0.2) is 10.9 Å². The standard InChI is InChI=1S/C20H15ClN2OS/c1-12-9-15(21)11-17-19(12)23-20(25-17)22-18(24)10-14-7-4-6-13-5-2-3-8-16(13)14/h2-9,11H,10H2,1H3,(H,22,23,24). The van der Waals surface area contributed by atoms with Crippen LogP contribution < -0.4 is 5.32 Å². The number of aryl methyl sites for hydroxylation is 1. The van der Waals surface area contributed by atoms with Crippen molar-refractivity contribution in [2.75, 3.05) is 5.32 Å². The lowest BCUT2D eigenvalue weighted by Crippen LogP contribution is -2.14. The second-order valence-electron chi connectivity index (χ2n) is 5.95. The molecule has 0 aliphatic heterocycles. The van der Waals surface area contributed by atoms with E-state index in [4.69, 9.17) is 11.6 Å². The van der Waals surface area contributed by atoms with Crippen molar-refractivity contribution in [3.05, 3.63) is 70.7 Å². The average molecular weight is 367 g/mol. The van der Waals surface area contributed by atoms with Crippen LogP contribution in [0, 0.1) is 6.92 Å². The van der Waals surface area contributed by atoms with E-state index in [0.717, 1.165) is 32.1 Å². The third-order valence-electron chi connectivity index (χ3n) is 4.13. The highest BCUT2D eigenvalue weighted by atomic mass is 35.5. The van der Waals surface area contributed by atoms with Gasteiger partial charge in [0, 0.05) is 5.02 Å². The van der Waals surface area contributed by atoms with Crippen molar-refractivity contribution < 1.29 is 4.79 Å². The van der Waals surface area contributed by atoms with E-state index in [1.807, 2.05) is 49.4 Å². The molecule has 25 heavy (non-hydrogen) atoms. The average Bonchev–Trinajstić information content (AvgIpc) is 2.97. The normalized spacial score (nSPS) is 11.1. The topological polar surface area (TPSA) is 42.0 Å². The minimum atomic E-state index is -0.0702. The zero-order valence-corrected chi connectivity index (χ0v) is 15.1. The first-order chi connectivity index (χ1) is 12.1. The van der Waals surface area contributed by atoms with Crippen LogP contribution in [0.2, 0.25) is 5.02 Å². The second kappa shape index (κ2) is 6.47. The fourth-order valence-corrected chi connectivity index (χ4v) is 4.33. The minimum Gasteiger partial charge on any atom is -0.302 e. The van der Waals surface area contributed by atoms with Crippen molar-refractivity contribution >= 4 is 55.0 Å². The molecule has 0 spiro atoms. The first-order valence-electron chi connectivity index (χ1n) is 7.93. The lowest BCUT2D eigenvalue weighted by atomic mass is 10.0. The number of benzene rings is 3. The molecule has 1 N–H and O–H groups in total. The third kappa shape index (κ3) is 3.23. The fourth-order valence-electron chi connectivity index (χ4n) is 2.99. The maximum atomic E-state index is 12.5. The molecule has 0 bridgehead atoms. The van der Waals surface area contributed by atoms with E-state index in [0.29, 0.717) is 16.6 Å². The van der Waals surface area contributed by atoms with Crippen LogP contribution in [-0.2, 0) is 11.2 Å². The highest BCUT2D eigenvalue weighted by Gasteiger charge is 2.12. The summed E-state index contributed by atoms with van der Waals surface area (Å²) in [4.78, 5) is 17.0. The molecule has 3 aromatic carbocycles. The molecule has 0 unspecified atom stereocenters. The largest absolute Gasteiger partial charge is 0.302 e. The van der Waals surface area contributed by atoms with Crippen LogP contribution in [0.1, 0.15) is 11.1 Å². The van der Waals surface area contributed by atoms with Crippen molar-refractivity contribution in [1.29, 1.82) is 0 Å². The summed E-state index contributed by atoms with van der Waals surface area (Å²) >= 11 is 7.53. The quantitative estimate of drug-likeness (QED) is 0.513. The van der Waals surface area contributed by atoms with Crippen LogP contribution >= 0.6 is 22.9 Å². The van der Waals surface area contributed by atoms with E-state index in [9.17, 15) is 4.79 Å². The second-order valence-corrected chi connectivity index (χ2v) is 7.42. The lowest BCUT2D eigenvalue weighted by Gasteiger charge is -2.06. The van der Waals surface area contributed by atoms with E-state index in [1.54, 1.807) is 0 Å². The van der Waals surface area contributed by atoms with Gasteiger partial charge in [0.25, 0.3) is 0 Å². The van der Waals surface area contributed by atoms with Crippen molar-refractivity contribution in [1.82, 2.24) is 4.98 Å². The summed E-state index contributed by atoms with van der Waals surface area (Å²) in [5, 5.41) is 6.44. The number of thiazole rings is 1. The van der Waals surface area contributed by atoms with Gasteiger partial charge in [-0.1, -0.05) is 65.4 Å². The molecular weight excluding hydrogens is 352 g/mol. The lowest BCUT2D eigenvalue weighted by molar-refractivity contribution is -0.115. The van der Waals surface area contributed by atoms with Crippen LogP contribution in [0.4, 0.5) is 5.13 Å². The van der Waals surface area contributed by atoms with Gasteiger partial charge in [-0.15, -0.1) is 0 Å². The minimum absolute atomic E-state index is 0.0702. The SMILES string of the molecule is Cc1cc(Cl)cc2sc(NC(=O)Cc3cccc4ccccc34)nc12. The van der Waals surface area contributed by atoms with E-state index in [1.165, 1.54) is 11.3 Å². The number of aromatic nitrogens is 1. The van der Waals surface area contributed by atoms with E-state index < -0.39 is 0 Å². The first-order valence-corrected chi connectivity index (χ1v) is 9.13. The monoisotopic (exact) mass is 366 g/mol. The summed E-state index contributed by atoms with van der Waals surface area (Å²) in [6.45, 7) is 1.97. The summed E-state index contributed by atoms with van der Waals surface area (Å²) < 4.78 is 0.977. The van der Waals surface area contributed by atoms with Gasteiger partial charge in [0.2, 0.25) is 5.91 Å². The number of carbonyl (C=O) groups excluding carboxylic acids is 1. The van der Waals surface area contributed by atoms with Gasteiger partial charge in [-0.3, -0.25) is 4.79 Å². The molecule has 124 valence electrons. The molecular formula is C20H15ClN2OS. The molecule has 0 saturated carbocycles. The fraction of sp³-hybridized carbons (Fsp3) is 0.100. The Labute approximate surface area is 154 Å². The van der Waals surface area contributed by atoms with Gasteiger partial charge < -0.3 is 5.32 Å². The number of amides is 1. The number of halogens is 1. The molecule has 1 heterocycles. The summed E-state index contributed by atoms with van der Waals surface area (Å²) in [5.74, 6) is -0.0702. The number of hydrogen-bond donors (Lipinski definition) is 1. The molecule has 0 fully saturated rings. The maximum absolute atomic E-state index is 12.5. The number of rotatable bonds is 3. The summed E-state index contributed by atoms with van der Waals surface area (Å²) in [7, 11) is 0. The van der Waals surface area contributed by atoms with Crippen molar-refractivity contribution in [2.24, 2.45) is 0 Å². The van der Waals surface area contributed by atoms with Gasteiger partial charge >= 0.3 is 0 Å². The number of nitrogens with one attached hydrogen (secondary N) is 1. The smallest absolute Gasteiger partial charge is 0.230 e. The van der Waals surface area contributed by atoms with Gasteiger partial charge in [0.15, 0.2) is 5.13 Å². The third-order valence-corrected chi connectivity index (χ3v) is 5.26. The van der Waals surface area contributed by atoms with Gasteiger partial charge in [-0.2, -0.15) is 0 Å². The Kier molecular flexibility index (Phi) is 4.15. The van der Waals surface area contributed by atoms with Crippen molar-refractivity contribution in [2.45, 2.75) is 13.3 Å². The predicted molar refractivity (Wildman–Crippen MR) is 106 cm³/mol. The van der Waals surface area contributed by atoms with Crippen LogP contribution in [0.3, 0.4) is 0 Å². The van der Waals surface area contributed by atoms with Crippen LogP contribution in [0.5, 0.6) is 0 Å². The Hall–Kier alpha value is -2.43. The predicted octanol–water partition coefficient (Wildman–Crippen LogP) is 5.59. The summed E-state index contributed by atoms with van der Waals surface area (Å²) in [5.41, 5.74) is 2.90. The van der Waals surface area contributed by atoms with Crippen molar-refractivity contribution in [3.63, 3.8) is 0 Å². The molecule has 0 saturated heterocycles. The number of nitrogens with zero attached hydrogens (tertiary/aromatic N) is 1. The van der Waals surface area contributed by atoms with E-state index in [2.05, 4.69) is 22.4 Å². The van der Waals surface area contributed by atoms with E-state index >= 15 is 0 Å². The summed E-state index contributed by atoms with van der Waals surface area (Å²) in [6, 6.07) is 17.9. The molecule has 4 aromatic rings. The number of fused-ring (bicyclic) bond motifs is 2. The molecule has 0 aliphatic rings. The summed E-state index contributed by atoms with van der Waals surface area (Å²) in [6.07, 6.45) is 0.316. The number of carbonyl (C=O) groups is 1. The Morgan fingerprint density at radius 3 is 2.84 bits per heavy atom. The zero-order valence-electron chi connectivity index (χ0n) is 13.5. The Bertz CT molecular complexity index is 1100. The van der Waals surface area contributed by atoms with Crippen molar-refractivity contribution in [3.8, 4) is 0 Å². The molecule has 3 nitrogen and oxygen atoms in total. The van der Waals surface area contributed by atoms with E-state index in [-0.39, 0.29) is 5.91 Å². The maximum Gasteiger partial charge on any atom is 0.230 e.